The summed E-state index contributed by atoms with van der Waals surface area (Å²) < 4.78 is 1.54. The molecule has 5 heteroatoms. The van der Waals surface area contributed by atoms with E-state index in [1.807, 2.05) is 43.3 Å². The lowest BCUT2D eigenvalue weighted by molar-refractivity contribution is 0.475. The van der Waals surface area contributed by atoms with Gasteiger partial charge in [-0.3, -0.25) is 0 Å². The summed E-state index contributed by atoms with van der Waals surface area (Å²) in [4.78, 5) is 4.11. The second-order valence-corrected chi connectivity index (χ2v) is 4.96. The van der Waals surface area contributed by atoms with Crippen molar-refractivity contribution in [1.29, 1.82) is 0 Å². The molecule has 3 aromatic rings. The van der Waals surface area contributed by atoms with Crippen molar-refractivity contribution >= 4 is 12.2 Å². The highest BCUT2D eigenvalue weighted by Crippen LogP contribution is 2.24. The lowest BCUT2D eigenvalue weighted by atomic mass is 10.0. The first-order valence-electron chi connectivity index (χ1n) is 6.88. The van der Waals surface area contributed by atoms with Crippen molar-refractivity contribution in [3.8, 4) is 16.9 Å². The van der Waals surface area contributed by atoms with E-state index in [9.17, 15) is 5.11 Å². The number of hydrogen-bond acceptors (Lipinski definition) is 4. The summed E-state index contributed by atoms with van der Waals surface area (Å²) >= 11 is 0. The molecule has 0 atom stereocenters. The molecule has 0 unspecified atom stereocenters. The van der Waals surface area contributed by atoms with Gasteiger partial charge in [0.05, 0.1) is 18.1 Å². The molecule has 5 nitrogen and oxygen atoms in total. The maximum Gasteiger partial charge on any atom is 0.221 e. The molecule has 3 N–H and O–H groups in total. The number of hydrogen-bond donors (Lipinski definition) is 2. The summed E-state index contributed by atoms with van der Waals surface area (Å²) in [5.41, 5.74) is 9.60. The van der Waals surface area contributed by atoms with Gasteiger partial charge in [-0.25, -0.2) is 9.66 Å². The van der Waals surface area contributed by atoms with Crippen LogP contribution in [0.3, 0.4) is 0 Å². The largest absolute Gasteiger partial charge is 0.508 e. The number of aromatic hydroxyl groups is 1. The monoisotopic (exact) mass is 292 g/mol. The van der Waals surface area contributed by atoms with Gasteiger partial charge in [0.25, 0.3) is 0 Å². The van der Waals surface area contributed by atoms with Gasteiger partial charge in [0.2, 0.25) is 5.95 Å². The van der Waals surface area contributed by atoms with E-state index in [4.69, 9.17) is 5.73 Å². The van der Waals surface area contributed by atoms with Gasteiger partial charge < -0.3 is 10.8 Å². The molecule has 0 saturated heterocycles. The fraction of sp³-hybridized carbons (Fsp3) is 0.0588. The highest BCUT2D eigenvalue weighted by Gasteiger charge is 2.04. The zero-order chi connectivity index (χ0) is 15.5. The molecule has 0 aliphatic heterocycles. The van der Waals surface area contributed by atoms with Gasteiger partial charge in [-0.15, -0.1) is 0 Å². The third-order valence-corrected chi connectivity index (χ3v) is 3.30. The number of nitrogens with two attached hydrogens (primary N) is 1. The summed E-state index contributed by atoms with van der Waals surface area (Å²) in [5, 5.41) is 13.8. The maximum absolute atomic E-state index is 9.41. The lowest BCUT2D eigenvalue weighted by Gasteiger charge is -2.06. The van der Waals surface area contributed by atoms with E-state index >= 15 is 0 Å². The van der Waals surface area contributed by atoms with Crippen LogP contribution in [-0.2, 0) is 0 Å². The predicted octanol–water partition coefficient (Wildman–Crippen LogP) is 3.03. The van der Waals surface area contributed by atoms with E-state index in [2.05, 4.69) is 10.1 Å². The number of anilines is 1. The highest BCUT2D eigenvalue weighted by molar-refractivity contribution is 5.90. The van der Waals surface area contributed by atoms with E-state index in [-0.39, 0.29) is 5.75 Å². The van der Waals surface area contributed by atoms with Gasteiger partial charge in [0.1, 0.15) is 5.75 Å². The number of phenolic OH excluding ortho intramolecular Hbond substituents is 1. The second-order valence-electron chi connectivity index (χ2n) is 4.96. The minimum Gasteiger partial charge on any atom is -0.508 e. The van der Waals surface area contributed by atoms with Crippen LogP contribution in [0.5, 0.6) is 5.75 Å². The van der Waals surface area contributed by atoms with Crippen molar-refractivity contribution in [2.75, 3.05) is 5.73 Å². The van der Waals surface area contributed by atoms with Gasteiger partial charge >= 0.3 is 0 Å². The van der Waals surface area contributed by atoms with Crippen molar-refractivity contribution < 1.29 is 5.11 Å². The topological polar surface area (TPSA) is 76.4 Å². The smallest absolute Gasteiger partial charge is 0.221 e. The van der Waals surface area contributed by atoms with Crippen LogP contribution in [-0.4, -0.2) is 21.0 Å². The van der Waals surface area contributed by atoms with Crippen LogP contribution in [0.25, 0.3) is 11.1 Å². The maximum atomic E-state index is 9.41. The zero-order valence-corrected chi connectivity index (χ0v) is 12.1. The molecular formula is C17H16N4O. The van der Waals surface area contributed by atoms with Crippen LogP contribution in [0.2, 0.25) is 0 Å². The van der Waals surface area contributed by atoms with E-state index in [0.29, 0.717) is 5.95 Å². The van der Waals surface area contributed by atoms with Crippen molar-refractivity contribution in [2.24, 2.45) is 5.10 Å². The fourth-order valence-corrected chi connectivity index (χ4v) is 2.23. The van der Waals surface area contributed by atoms with Gasteiger partial charge in [0.15, 0.2) is 0 Å². The molecular weight excluding hydrogens is 276 g/mol. The number of imidazole rings is 1. The number of nitrogen functional groups attached to an aromatic ring is 1. The summed E-state index contributed by atoms with van der Waals surface area (Å²) in [6.07, 6.45) is 3.52. The zero-order valence-electron chi connectivity index (χ0n) is 12.1. The summed E-state index contributed by atoms with van der Waals surface area (Å²) in [6, 6.07) is 15.0. The van der Waals surface area contributed by atoms with Crippen molar-refractivity contribution in [2.45, 2.75) is 6.92 Å². The van der Waals surface area contributed by atoms with E-state index in [1.165, 1.54) is 0 Å². The number of nitrogens with zero attached hydrogens (tertiary/aromatic N) is 3. The summed E-state index contributed by atoms with van der Waals surface area (Å²) in [5.74, 6) is 0.604. The summed E-state index contributed by atoms with van der Waals surface area (Å²) in [6.45, 7) is 1.87. The number of phenols is 1. The molecule has 22 heavy (non-hydrogen) atoms. The van der Waals surface area contributed by atoms with Crippen molar-refractivity contribution in [3.05, 3.63) is 66.0 Å². The molecule has 0 bridgehead atoms. The molecule has 3 rings (SSSR count). The highest BCUT2D eigenvalue weighted by atomic mass is 16.3. The molecule has 0 aliphatic carbocycles. The Morgan fingerprint density at radius 1 is 1.14 bits per heavy atom. The van der Waals surface area contributed by atoms with Crippen molar-refractivity contribution in [1.82, 2.24) is 9.66 Å². The predicted molar refractivity (Wildman–Crippen MR) is 87.9 cm³/mol. The molecule has 0 radical (unpaired) electrons. The number of aromatic nitrogens is 2. The van der Waals surface area contributed by atoms with E-state index in [1.54, 1.807) is 29.2 Å². The molecule has 1 heterocycles. The van der Waals surface area contributed by atoms with Crippen molar-refractivity contribution in [3.63, 3.8) is 0 Å². The quantitative estimate of drug-likeness (QED) is 0.728. The first kappa shape index (κ1) is 13.9. The molecule has 2 aromatic carbocycles. The van der Waals surface area contributed by atoms with Gasteiger partial charge in [-0.1, -0.05) is 36.4 Å². The van der Waals surface area contributed by atoms with E-state index < -0.39 is 0 Å². The average Bonchev–Trinajstić information content (AvgIpc) is 2.84. The Morgan fingerprint density at radius 3 is 2.55 bits per heavy atom. The van der Waals surface area contributed by atoms with Crippen LogP contribution in [0.1, 0.15) is 11.3 Å². The Bertz CT molecular complexity index is 819. The Labute approximate surface area is 128 Å². The molecule has 1 aromatic heterocycles. The molecule has 0 aliphatic rings. The Hall–Kier alpha value is -3.08. The van der Waals surface area contributed by atoms with Crippen LogP contribution in [0.15, 0.2) is 59.8 Å². The second kappa shape index (κ2) is 5.73. The molecule has 0 spiro atoms. The minimum atomic E-state index is 0.247. The normalized spacial score (nSPS) is 11.1. The Kier molecular flexibility index (Phi) is 3.62. The van der Waals surface area contributed by atoms with E-state index in [0.717, 1.165) is 22.4 Å². The third-order valence-electron chi connectivity index (χ3n) is 3.30. The number of benzene rings is 2. The van der Waals surface area contributed by atoms with Crippen LogP contribution >= 0.6 is 0 Å². The third kappa shape index (κ3) is 2.83. The van der Waals surface area contributed by atoms with Crippen LogP contribution in [0, 0.1) is 6.92 Å². The van der Waals surface area contributed by atoms with Crippen LogP contribution in [0.4, 0.5) is 5.95 Å². The average molecular weight is 292 g/mol. The Morgan fingerprint density at radius 2 is 1.86 bits per heavy atom. The SMILES string of the molecule is Cc1cn(N=Cc2ccccc2-c2ccc(O)cc2)c(N)n1. The Balaban J connectivity index is 1.98. The fourth-order valence-electron chi connectivity index (χ4n) is 2.23. The number of aryl methyl sites for hydroxylation is 1. The van der Waals surface area contributed by atoms with Crippen LogP contribution < -0.4 is 5.73 Å². The lowest BCUT2D eigenvalue weighted by Crippen LogP contribution is -1.97. The standard InChI is InChI=1S/C17H16N4O/c1-12-11-21(17(18)20-12)19-10-14-4-2-3-5-16(14)13-6-8-15(22)9-7-13/h2-11,22H,1H3,(H2,18,20). The number of rotatable bonds is 3. The first-order chi connectivity index (χ1) is 10.6. The molecule has 0 saturated carbocycles. The minimum absolute atomic E-state index is 0.247. The van der Waals surface area contributed by atoms with Gasteiger partial charge in [0, 0.05) is 5.56 Å². The molecule has 110 valence electrons. The van der Waals surface area contributed by atoms with Gasteiger partial charge in [-0.05, 0) is 30.2 Å². The summed E-state index contributed by atoms with van der Waals surface area (Å²) in [7, 11) is 0. The first-order valence-corrected chi connectivity index (χ1v) is 6.88. The molecule has 0 fully saturated rings. The molecule has 0 amide bonds. The van der Waals surface area contributed by atoms with Gasteiger partial charge in [-0.2, -0.15) is 5.10 Å².